The maximum atomic E-state index is 12.8. The average Bonchev–Trinajstić information content (AvgIpc) is 3.17. The van der Waals surface area contributed by atoms with Gasteiger partial charge in [-0.2, -0.15) is 0 Å². The Kier molecular flexibility index (Phi) is 4.41. The Labute approximate surface area is 163 Å². The van der Waals surface area contributed by atoms with E-state index in [0.717, 1.165) is 33.7 Å². The molecule has 0 aliphatic heterocycles. The van der Waals surface area contributed by atoms with Gasteiger partial charge in [-0.05, 0) is 57.4 Å². The molecule has 0 bridgehead atoms. The lowest BCUT2D eigenvalue weighted by Crippen LogP contribution is -2.10. The summed E-state index contributed by atoms with van der Waals surface area (Å²) in [5.41, 5.74) is 7.37. The predicted octanol–water partition coefficient (Wildman–Crippen LogP) is 4.34. The van der Waals surface area contributed by atoms with Crippen LogP contribution in [0.1, 0.15) is 46.7 Å². The SMILES string of the molecule is CCOC(=O)c1c(CC)nc2n(-c3c(C)cc(C)cc3C)c3ncccc3n12. The molecule has 0 saturated carbocycles. The third-order valence-corrected chi connectivity index (χ3v) is 5.01. The number of rotatable bonds is 4. The zero-order valence-corrected chi connectivity index (χ0v) is 16.9. The number of carbonyl (C=O) groups excluding carboxylic acids is 1. The number of ether oxygens (including phenoxy) is 1. The first-order chi connectivity index (χ1) is 13.5. The first kappa shape index (κ1) is 18.2. The van der Waals surface area contributed by atoms with Gasteiger partial charge in [-0.25, -0.2) is 14.8 Å². The van der Waals surface area contributed by atoms with Crippen LogP contribution in [0.3, 0.4) is 0 Å². The Morgan fingerprint density at radius 2 is 1.86 bits per heavy atom. The van der Waals surface area contributed by atoms with Crippen LogP contribution in [0.25, 0.3) is 22.6 Å². The van der Waals surface area contributed by atoms with E-state index in [9.17, 15) is 4.79 Å². The van der Waals surface area contributed by atoms with Gasteiger partial charge in [0.1, 0.15) is 0 Å². The second-order valence-electron chi connectivity index (χ2n) is 7.05. The summed E-state index contributed by atoms with van der Waals surface area (Å²) >= 11 is 0. The smallest absolute Gasteiger partial charge is 0.357 e. The van der Waals surface area contributed by atoms with Gasteiger partial charge in [0.05, 0.1) is 23.5 Å². The molecule has 144 valence electrons. The molecule has 0 saturated heterocycles. The normalized spacial score (nSPS) is 11.5. The van der Waals surface area contributed by atoms with Crippen LogP contribution in [0.5, 0.6) is 0 Å². The maximum Gasteiger partial charge on any atom is 0.357 e. The van der Waals surface area contributed by atoms with Crippen molar-refractivity contribution >= 4 is 22.9 Å². The van der Waals surface area contributed by atoms with Crippen molar-refractivity contribution in [1.29, 1.82) is 0 Å². The summed E-state index contributed by atoms with van der Waals surface area (Å²) in [7, 11) is 0. The Balaban J connectivity index is 2.18. The highest BCUT2D eigenvalue weighted by molar-refractivity contribution is 5.94. The summed E-state index contributed by atoms with van der Waals surface area (Å²) < 4.78 is 9.28. The van der Waals surface area contributed by atoms with E-state index in [-0.39, 0.29) is 5.97 Å². The van der Waals surface area contributed by atoms with Gasteiger partial charge in [-0.1, -0.05) is 24.6 Å². The van der Waals surface area contributed by atoms with Crippen LogP contribution in [-0.4, -0.2) is 31.5 Å². The first-order valence-corrected chi connectivity index (χ1v) is 9.60. The lowest BCUT2D eigenvalue weighted by atomic mass is 10.1. The molecule has 0 unspecified atom stereocenters. The summed E-state index contributed by atoms with van der Waals surface area (Å²) in [5, 5.41) is 0. The van der Waals surface area contributed by atoms with Crippen molar-refractivity contribution in [2.75, 3.05) is 6.61 Å². The monoisotopic (exact) mass is 376 g/mol. The molecule has 0 amide bonds. The molecule has 0 aliphatic rings. The molecule has 6 heteroatoms. The first-order valence-electron chi connectivity index (χ1n) is 9.60. The van der Waals surface area contributed by atoms with E-state index in [1.54, 1.807) is 6.20 Å². The predicted molar refractivity (Wildman–Crippen MR) is 109 cm³/mol. The number of aryl methyl sites for hydroxylation is 4. The summed E-state index contributed by atoms with van der Waals surface area (Å²) in [6.45, 7) is 10.4. The second-order valence-corrected chi connectivity index (χ2v) is 7.05. The van der Waals surface area contributed by atoms with Crippen LogP contribution >= 0.6 is 0 Å². The van der Waals surface area contributed by atoms with E-state index in [2.05, 4.69) is 42.5 Å². The van der Waals surface area contributed by atoms with Crippen LogP contribution in [0, 0.1) is 20.8 Å². The fourth-order valence-electron chi connectivity index (χ4n) is 4.05. The molecule has 6 nitrogen and oxygen atoms in total. The Morgan fingerprint density at radius 1 is 1.14 bits per heavy atom. The van der Waals surface area contributed by atoms with E-state index in [0.29, 0.717) is 24.5 Å². The molecular weight excluding hydrogens is 352 g/mol. The number of hydrogen-bond acceptors (Lipinski definition) is 4. The Bertz CT molecular complexity index is 1190. The van der Waals surface area contributed by atoms with Crippen molar-refractivity contribution in [3.8, 4) is 5.69 Å². The van der Waals surface area contributed by atoms with Gasteiger partial charge in [0.25, 0.3) is 0 Å². The third-order valence-electron chi connectivity index (χ3n) is 5.01. The molecule has 1 aromatic carbocycles. The topological polar surface area (TPSA) is 61.4 Å². The number of carbonyl (C=O) groups is 1. The van der Waals surface area contributed by atoms with Crippen molar-refractivity contribution in [3.05, 3.63) is 58.5 Å². The van der Waals surface area contributed by atoms with Crippen molar-refractivity contribution in [3.63, 3.8) is 0 Å². The minimum Gasteiger partial charge on any atom is -0.461 e. The summed E-state index contributed by atoms with van der Waals surface area (Å²) in [4.78, 5) is 22.2. The molecule has 28 heavy (non-hydrogen) atoms. The molecule has 0 N–H and O–H groups in total. The van der Waals surface area contributed by atoms with Gasteiger partial charge >= 0.3 is 5.97 Å². The van der Waals surface area contributed by atoms with Crippen LogP contribution in [0.15, 0.2) is 30.5 Å². The van der Waals surface area contributed by atoms with Gasteiger partial charge in [-0.15, -0.1) is 0 Å². The van der Waals surface area contributed by atoms with Gasteiger partial charge in [0.2, 0.25) is 5.78 Å². The molecule has 4 rings (SSSR count). The zero-order valence-electron chi connectivity index (χ0n) is 16.9. The Morgan fingerprint density at radius 3 is 2.50 bits per heavy atom. The average molecular weight is 376 g/mol. The molecule has 3 heterocycles. The number of pyridine rings is 1. The number of fused-ring (bicyclic) bond motifs is 3. The van der Waals surface area contributed by atoms with E-state index in [1.165, 1.54) is 5.56 Å². The van der Waals surface area contributed by atoms with Crippen molar-refractivity contribution in [2.24, 2.45) is 0 Å². The van der Waals surface area contributed by atoms with Gasteiger partial charge in [0.15, 0.2) is 11.3 Å². The van der Waals surface area contributed by atoms with E-state index in [4.69, 9.17) is 9.72 Å². The number of nitrogens with zero attached hydrogens (tertiary/aromatic N) is 4. The minimum absolute atomic E-state index is 0.322. The third kappa shape index (κ3) is 2.59. The summed E-state index contributed by atoms with van der Waals surface area (Å²) in [6, 6.07) is 8.16. The molecule has 0 spiro atoms. The number of benzene rings is 1. The summed E-state index contributed by atoms with van der Waals surface area (Å²) in [6.07, 6.45) is 2.41. The lowest BCUT2D eigenvalue weighted by Gasteiger charge is -2.13. The van der Waals surface area contributed by atoms with Gasteiger partial charge < -0.3 is 4.74 Å². The van der Waals surface area contributed by atoms with Crippen LogP contribution in [0.4, 0.5) is 0 Å². The lowest BCUT2D eigenvalue weighted by molar-refractivity contribution is 0.0517. The standard InChI is InChI=1S/C22H24N4O2/c1-6-16-19(21(27)28-7-2)25-17-9-8-10-23-20(17)26(22(25)24-16)18-14(4)11-13(3)12-15(18)5/h8-12H,6-7H2,1-5H3. The van der Waals surface area contributed by atoms with Crippen LogP contribution in [0.2, 0.25) is 0 Å². The van der Waals surface area contributed by atoms with Gasteiger partial charge in [0, 0.05) is 6.20 Å². The van der Waals surface area contributed by atoms with Crippen LogP contribution < -0.4 is 0 Å². The zero-order chi connectivity index (χ0) is 20.0. The van der Waals surface area contributed by atoms with Crippen molar-refractivity contribution in [2.45, 2.75) is 41.0 Å². The number of esters is 1. The summed E-state index contributed by atoms with van der Waals surface area (Å²) in [5.74, 6) is 0.329. The number of aromatic nitrogens is 4. The minimum atomic E-state index is -0.355. The highest BCUT2D eigenvalue weighted by atomic mass is 16.5. The molecule has 3 aromatic heterocycles. The molecule has 4 aromatic rings. The molecule has 0 aliphatic carbocycles. The van der Waals surface area contributed by atoms with Crippen LogP contribution in [-0.2, 0) is 11.2 Å². The van der Waals surface area contributed by atoms with Crippen molar-refractivity contribution < 1.29 is 9.53 Å². The fraction of sp³-hybridized carbons (Fsp3) is 0.318. The largest absolute Gasteiger partial charge is 0.461 e. The van der Waals surface area contributed by atoms with E-state index in [1.807, 2.05) is 30.4 Å². The highest BCUT2D eigenvalue weighted by Gasteiger charge is 2.26. The molecule has 0 radical (unpaired) electrons. The second kappa shape index (κ2) is 6.78. The quantitative estimate of drug-likeness (QED) is 0.497. The van der Waals surface area contributed by atoms with E-state index >= 15 is 0 Å². The number of hydrogen-bond donors (Lipinski definition) is 0. The molecule has 0 fully saturated rings. The fourth-order valence-corrected chi connectivity index (χ4v) is 4.05. The maximum absolute atomic E-state index is 12.8. The Hall–Kier alpha value is -3.15. The molecule has 0 atom stereocenters. The molecular formula is C22H24N4O2. The van der Waals surface area contributed by atoms with Gasteiger partial charge in [-0.3, -0.25) is 8.97 Å². The highest BCUT2D eigenvalue weighted by Crippen LogP contribution is 2.30. The van der Waals surface area contributed by atoms with E-state index < -0.39 is 0 Å². The number of imidazole rings is 2. The van der Waals surface area contributed by atoms with Crippen molar-refractivity contribution in [1.82, 2.24) is 18.9 Å².